The quantitative estimate of drug-likeness (QED) is 0.664. The number of ether oxygens (including phenoxy) is 1. The largest absolute Gasteiger partial charge is 0.497 e. The average Bonchev–Trinajstić information content (AvgIpc) is 3.17. The number of methoxy groups -OCH3 is 1. The second-order valence-electron chi connectivity index (χ2n) is 6.72. The van der Waals surface area contributed by atoms with E-state index < -0.39 is 6.04 Å². The van der Waals surface area contributed by atoms with Gasteiger partial charge in [-0.2, -0.15) is 5.10 Å². The fraction of sp³-hybridized carbons (Fsp3) is 0.190. The van der Waals surface area contributed by atoms with Gasteiger partial charge in [-0.1, -0.05) is 35.9 Å². The van der Waals surface area contributed by atoms with E-state index in [0.29, 0.717) is 22.3 Å². The monoisotopic (exact) mass is 410 g/mol. The fourth-order valence-electron chi connectivity index (χ4n) is 3.45. The van der Waals surface area contributed by atoms with Crippen LogP contribution in [0.4, 0.5) is 11.5 Å². The highest BCUT2D eigenvalue weighted by Gasteiger charge is 2.36. The van der Waals surface area contributed by atoms with Crippen molar-refractivity contribution in [1.29, 1.82) is 0 Å². The molecule has 0 saturated heterocycles. The number of hydrogen-bond donors (Lipinski definition) is 2. The Labute approximate surface area is 172 Å². The Balaban J connectivity index is 1.60. The highest BCUT2D eigenvalue weighted by Crippen LogP contribution is 2.39. The predicted molar refractivity (Wildman–Crippen MR) is 111 cm³/mol. The number of nitrogens with zero attached hydrogens (tertiary/aromatic N) is 2. The van der Waals surface area contributed by atoms with Gasteiger partial charge in [-0.3, -0.25) is 9.59 Å². The topological polar surface area (TPSA) is 85.2 Å². The van der Waals surface area contributed by atoms with Crippen molar-refractivity contribution in [3.8, 4) is 16.9 Å². The molecule has 3 aromatic rings. The maximum Gasteiger partial charge on any atom is 0.251 e. The lowest BCUT2D eigenvalue weighted by Crippen LogP contribution is -2.23. The van der Waals surface area contributed by atoms with Crippen LogP contribution in [0.2, 0.25) is 5.02 Å². The van der Waals surface area contributed by atoms with Crippen molar-refractivity contribution in [3.63, 3.8) is 0 Å². The fourth-order valence-corrected chi connectivity index (χ4v) is 3.63. The molecule has 29 heavy (non-hydrogen) atoms. The summed E-state index contributed by atoms with van der Waals surface area (Å²) >= 11 is 6.09. The van der Waals surface area contributed by atoms with Crippen molar-refractivity contribution >= 4 is 34.9 Å². The molecule has 7 nitrogen and oxygen atoms in total. The third-order valence-corrected chi connectivity index (χ3v) is 5.14. The number of hydrogen-bond acceptors (Lipinski definition) is 4. The van der Waals surface area contributed by atoms with Crippen LogP contribution in [0.15, 0.2) is 48.5 Å². The molecule has 2 heterocycles. The maximum absolute atomic E-state index is 12.6. The molecule has 0 bridgehead atoms. The number of amides is 2. The van der Waals surface area contributed by atoms with Gasteiger partial charge < -0.3 is 15.4 Å². The lowest BCUT2D eigenvalue weighted by molar-refractivity contribution is -0.123. The molecule has 0 fully saturated rings. The number of aromatic nitrogens is 2. The number of nitrogens with one attached hydrogen (secondary N) is 2. The Morgan fingerprint density at radius 1 is 1.28 bits per heavy atom. The Hall–Kier alpha value is -3.32. The first kappa shape index (κ1) is 19.0. The number of rotatable bonds is 5. The third-order valence-electron chi connectivity index (χ3n) is 4.81. The van der Waals surface area contributed by atoms with Gasteiger partial charge in [0.15, 0.2) is 0 Å². The smallest absolute Gasteiger partial charge is 0.251 e. The summed E-state index contributed by atoms with van der Waals surface area (Å²) in [4.78, 5) is 25.1. The molecule has 1 unspecified atom stereocenters. The maximum atomic E-state index is 12.6. The van der Waals surface area contributed by atoms with Crippen molar-refractivity contribution in [2.24, 2.45) is 0 Å². The first-order valence-corrected chi connectivity index (χ1v) is 9.44. The molecule has 2 amide bonds. The average molecular weight is 411 g/mol. The summed E-state index contributed by atoms with van der Waals surface area (Å²) in [6.45, 7) is 1.87. The molecule has 0 saturated carbocycles. The van der Waals surface area contributed by atoms with E-state index in [1.165, 1.54) is 0 Å². The van der Waals surface area contributed by atoms with Crippen LogP contribution >= 0.6 is 11.6 Å². The van der Waals surface area contributed by atoms with E-state index >= 15 is 0 Å². The zero-order valence-electron chi connectivity index (χ0n) is 15.9. The van der Waals surface area contributed by atoms with E-state index in [-0.39, 0.29) is 18.2 Å². The lowest BCUT2D eigenvalue weighted by Gasteiger charge is -2.11. The molecule has 8 heteroatoms. The summed E-state index contributed by atoms with van der Waals surface area (Å²) in [5, 5.41) is 10.6. The van der Waals surface area contributed by atoms with Crippen LogP contribution in [0.1, 0.15) is 18.2 Å². The molecule has 0 radical (unpaired) electrons. The van der Waals surface area contributed by atoms with Crippen molar-refractivity contribution in [3.05, 3.63) is 59.2 Å². The van der Waals surface area contributed by atoms with Gasteiger partial charge in [-0.05, 0) is 36.8 Å². The van der Waals surface area contributed by atoms with Crippen molar-refractivity contribution in [1.82, 2.24) is 9.78 Å². The number of carbonyl (C=O) groups is 2. The Kier molecular flexibility index (Phi) is 4.98. The summed E-state index contributed by atoms with van der Waals surface area (Å²) in [6, 6.07) is 13.8. The van der Waals surface area contributed by atoms with Crippen LogP contribution in [-0.2, 0) is 9.59 Å². The van der Waals surface area contributed by atoms with Gasteiger partial charge in [0.1, 0.15) is 17.6 Å². The second kappa shape index (κ2) is 7.60. The number of carbonyl (C=O) groups excluding carboxylic acids is 2. The molecule has 4 rings (SSSR count). The van der Waals surface area contributed by atoms with Gasteiger partial charge >= 0.3 is 0 Å². The Bertz CT molecular complexity index is 1110. The van der Waals surface area contributed by atoms with Crippen LogP contribution in [-0.4, -0.2) is 28.7 Å². The van der Waals surface area contributed by atoms with Gasteiger partial charge in [-0.15, -0.1) is 0 Å². The van der Waals surface area contributed by atoms with Gasteiger partial charge in [0.25, 0.3) is 5.91 Å². The number of fused-ring (bicyclic) bond motifs is 1. The standard InChI is InChI=1S/C21H19ClN4O3/c1-12-19(13-6-5-7-14(10-13)29-2)20-24-21(28)17(26(20)25-12)11-18(27)23-16-9-4-3-8-15(16)22/h3-10,17H,11H2,1-2H3,(H,23,27)(H,24,28). The van der Waals surface area contributed by atoms with Crippen LogP contribution in [0.3, 0.4) is 0 Å². The number of anilines is 2. The predicted octanol–water partition coefficient (Wildman–Crippen LogP) is 4.04. The molecule has 148 valence electrons. The molecule has 1 aliphatic heterocycles. The number of benzene rings is 2. The summed E-state index contributed by atoms with van der Waals surface area (Å²) in [5.41, 5.74) is 2.95. The summed E-state index contributed by atoms with van der Waals surface area (Å²) in [6.07, 6.45) is -0.0528. The van der Waals surface area contributed by atoms with Crippen LogP contribution in [0.5, 0.6) is 5.75 Å². The Morgan fingerprint density at radius 2 is 2.07 bits per heavy atom. The molecular formula is C21H19ClN4O3. The highest BCUT2D eigenvalue weighted by atomic mass is 35.5. The summed E-state index contributed by atoms with van der Waals surface area (Å²) in [7, 11) is 1.60. The van der Waals surface area contributed by atoms with Crippen molar-refractivity contribution in [2.75, 3.05) is 17.7 Å². The molecule has 0 spiro atoms. The van der Waals surface area contributed by atoms with Gasteiger partial charge in [-0.25, -0.2) is 4.68 Å². The van der Waals surface area contributed by atoms with E-state index in [1.807, 2.05) is 31.2 Å². The van der Waals surface area contributed by atoms with Crippen LogP contribution < -0.4 is 15.4 Å². The lowest BCUT2D eigenvalue weighted by atomic mass is 10.1. The van der Waals surface area contributed by atoms with E-state index in [2.05, 4.69) is 15.7 Å². The molecular weight excluding hydrogens is 392 g/mol. The minimum atomic E-state index is -0.731. The first-order valence-electron chi connectivity index (χ1n) is 9.06. The number of halogens is 1. The van der Waals surface area contributed by atoms with Crippen LogP contribution in [0, 0.1) is 6.92 Å². The number of para-hydroxylation sites is 1. The van der Waals surface area contributed by atoms with E-state index in [9.17, 15) is 9.59 Å². The second-order valence-corrected chi connectivity index (χ2v) is 7.13. The van der Waals surface area contributed by atoms with Crippen molar-refractivity contribution < 1.29 is 14.3 Å². The molecule has 1 atom stereocenters. The Morgan fingerprint density at radius 3 is 2.83 bits per heavy atom. The van der Waals surface area contributed by atoms with Gasteiger partial charge in [0, 0.05) is 5.56 Å². The van der Waals surface area contributed by atoms with E-state index in [0.717, 1.165) is 16.8 Å². The third kappa shape index (κ3) is 3.56. The van der Waals surface area contributed by atoms with Crippen LogP contribution in [0.25, 0.3) is 11.1 Å². The molecule has 1 aromatic heterocycles. The van der Waals surface area contributed by atoms with E-state index in [1.54, 1.807) is 36.1 Å². The van der Waals surface area contributed by atoms with Gasteiger partial charge in [0.2, 0.25) is 5.91 Å². The highest BCUT2D eigenvalue weighted by molar-refractivity contribution is 6.33. The normalized spacial score (nSPS) is 15.0. The molecule has 0 aliphatic carbocycles. The minimum Gasteiger partial charge on any atom is -0.497 e. The summed E-state index contributed by atoms with van der Waals surface area (Å²) in [5.74, 6) is 0.700. The molecule has 2 N–H and O–H groups in total. The molecule has 2 aromatic carbocycles. The zero-order chi connectivity index (χ0) is 20.5. The zero-order valence-corrected chi connectivity index (χ0v) is 16.7. The van der Waals surface area contributed by atoms with Gasteiger partial charge in [0.05, 0.1) is 29.9 Å². The van der Waals surface area contributed by atoms with Crippen molar-refractivity contribution in [2.45, 2.75) is 19.4 Å². The first-order chi connectivity index (χ1) is 14.0. The number of aryl methyl sites for hydroxylation is 1. The molecule has 1 aliphatic rings. The SMILES string of the molecule is COc1cccc(-c2c(C)nn3c2NC(=O)C3CC(=O)Nc2ccccc2Cl)c1. The van der Waals surface area contributed by atoms with E-state index in [4.69, 9.17) is 16.3 Å². The summed E-state index contributed by atoms with van der Waals surface area (Å²) < 4.78 is 6.88. The minimum absolute atomic E-state index is 0.0528.